The Balaban J connectivity index is 2.34. The Hall–Kier alpha value is -0.570. The molecule has 0 aliphatic carbocycles. The zero-order chi connectivity index (χ0) is 12.2. The molecule has 3 nitrogen and oxygen atoms in total. The zero-order valence-corrected chi connectivity index (χ0v) is 11.2. The Morgan fingerprint density at radius 1 is 1.38 bits per heavy atom. The Morgan fingerprint density at radius 3 is 2.44 bits per heavy atom. The van der Waals surface area contributed by atoms with E-state index in [0.717, 1.165) is 26.1 Å². The van der Waals surface area contributed by atoms with Gasteiger partial charge in [-0.1, -0.05) is 20.8 Å². The van der Waals surface area contributed by atoms with Gasteiger partial charge in [-0.25, -0.2) is 0 Å². The van der Waals surface area contributed by atoms with E-state index in [0.29, 0.717) is 0 Å². The average Bonchev–Trinajstić information content (AvgIpc) is 2.78. The molecule has 1 heterocycles. The van der Waals surface area contributed by atoms with Crippen LogP contribution in [-0.2, 0) is 4.79 Å². The largest absolute Gasteiger partial charge is 0.341 e. The molecule has 1 saturated heterocycles. The first kappa shape index (κ1) is 13.5. The maximum atomic E-state index is 12.0. The fourth-order valence-corrected chi connectivity index (χ4v) is 1.85. The summed E-state index contributed by atoms with van der Waals surface area (Å²) in [6, 6.07) is -0.0380. The topological polar surface area (TPSA) is 32.3 Å². The highest BCUT2D eigenvalue weighted by Gasteiger charge is 2.24. The summed E-state index contributed by atoms with van der Waals surface area (Å²) in [4.78, 5) is 14.0. The van der Waals surface area contributed by atoms with Crippen molar-refractivity contribution >= 4 is 5.91 Å². The second-order valence-electron chi connectivity index (χ2n) is 5.65. The summed E-state index contributed by atoms with van der Waals surface area (Å²) in [7, 11) is 0. The van der Waals surface area contributed by atoms with Crippen molar-refractivity contribution in [3.8, 4) is 0 Å². The molecule has 1 fully saturated rings. The molecule has 1 unspecified atom stereocenters. The minimum Gasteiger partial charge on any atom is -0.341 e. The molecule has 94 valence electrons. The highest BCUT2D eigenvalue weighted by Crippen LogP contribution is 2.18. The van der Waals surface area contributed by atoms with Gasteiger partial charge in [0.1, 0.15) is 0 Å². The van der Waals surface area contributed by atoms with Crippen LogP contribution >= 0.6 is 0 Å². The van der Waals surface area contributed by atoms with Crippen molar-refractivity contribution in [1.29, 1.82) is 0 Å². The first-order valence-electron chi connectivity index (χ1n) is 6.48. The number of carbonyl (C=O) groups excluding carboxylic acids is 1. The van der Waals surface area contributed by atoms with Crippen LogP contribution in [0.5, 0.6) is 0 Å². The molecule has 1 rings (SSSR count). The highest BCUT2D eigenvalue weighted by atomic mass is 16.2. The lowest BCUT2D eigenvalue weighted by molar-refractivity contribution is -0.132. The molecule has 0 bridgehead atoms. The Morgan fingerprint density at radius 2 is 1.94 bits per heavy atom. The number of hydrogen-bond acceptors (Lipinski definition) is 2. The number of nitrogens with one attached hydrogen (secondary N) is 1. The van der Waals surface area contributed by atoms with Crippen LogP contribution in [-0.4, -0.2) is 36.5 Å². The summed E-state index contributed by atoms with van der Waals surface area (Å²) < 4.78 is 0. The van der Waals surface area contributed by atoms with E-state index in [1.165, 1.54) is 12.8 Å². The van der Waals surface area contributed by atoms with Crippen LogP contribution in [0.1, 0.15) is 47.0 Å². The molecular weight excluding hydrogens is 200 g/mol. The summed E-state index contributed by atoms with van der Waals surface area (Å²) >= 11 is 0. The van der Waals surface area contributed by atoms with E-state index in [4.69, 9.17) is 0 Å². The second-order valence-corrected chi connectivity index (χ2v) is 5.65. The molecule has 1 amide bonds. The standard InChI is InChI=1S/C13H26N2O/c1-5-13(3,4)10-14-11(2)12(16)15-8-6-7-9-15/h11,14H,5-10H2,1-4H3. The molecule has 16 heavy (non-hydrogen) atoms. The van der Waals surface area contributed by atoms with Crippen molar-refractivity contribution < 1.29 is 4.79 Å². The van der Waals surface area contributed by atoms with E-state index >= 15 is 0 Å². The van der Waals surface area contributed by atoms with Gasteiger partial charge >= 0.3 is 0 Å². The first-order chi connectivity index (χ1) is 7.46. The third kappa shape index (κ3) is 3.78. The van der Waals surface area contributed by atoms with Gasteiger partial charge in [0.2, 0.25) is 5.91 Å². The number of hydrogen-bond donors (Lipinski definition) is 1. The molecule has 3 heteroatoms. The molecule has 0 saturated carbocycles. The number of rotatable bonds is 5. The van der Waals surface area contributed by atoms with Crippen molar-refractivity contribution in [1.82, 2.24) is 10.2 Å². The van der Waals surface area contributed by atoms with Gasteiger partial charge in [0, 0.05) is 19.6 Å². The Labute approximate surface area is 99.6 Å². The molecule has 1 aliphatic heterocycles. The molecule has 0 aromatic rings. The number of likely N-dealkylation sites (tertiary alicyclic amines) is 1. The molecule has 1 aliphatic rings. The predicted molar refractivity (Wildman–Crippen MR) is 67.4 cm³/mol. The number of carbonyl (C=O) groups is 1. The maximum absolute atomic E-state index is 12.0. The summed E-state index contributed by atoms with van der Waals surface area (Å²) in [5.41, 5.74) is 0.277. The smallest absolute Gasteiger partial charge is 0.239 e. The van der Waals surface area contributed by atoms with Gasteiger partial charge in [-0.3, -0.25) is 4.79 Å². The lowest BCUT2D eigenvalue weighted by Crippen LogP contribution is -2.46. The van der Waals surface area contributed by atoms with Crippen LogP contribution < -0.4 is 5.32 Å². The lowest BCUT2D eigenvalue weighted by atomic mass is 9.90. The van der Waals surface area contributed by atoms with Crippen LogP contribution in [0, 0.1) is 5.41 Å². The molecule has 0 radical (unpaired) electrons. The minimum atomic E-state index is -0.0380. The summed E-state index contributed by atoms with van der Waals surface area (Å²) in [6.45, 7) is 11.4. The van der Waals surface area contributed by atoms with E-state index in [-0.39, 0.29) is 17.4 Å². The van der Waals surface area contributed by atoms with Crippen LogP contribution in [0.2, 0.25) is 0 Å². The first-order valence-corrected chi connectivity index (χ1v) is 6.48. The minimum absolute atomic E-state index is 0.0380. The SMILES string of the molecule is CCC(C)(C)CNC(C)C(=O)N1CCCC1. The van der Waals surface area contributed by atoms with E-state index in [9.17, 15) is 4.79 Å². The fraction of sp³-hybridized carbons (Fsp3) is 0.923. The fourth-order valence-electron chi connectivity index (χ4n) is 1.85. The van der Waals surface area contributed by atoms with E-state index in [1.54, 1.807) is 0 Å². The van der Waals surface area contributed by atoms with E-state index in [2.05, 4.69) is 26.1 Å². The summed E-state index contributed by atoms with van der Waals surface area (Å²) in [5, 5.41) is 3.36. The number of nitrogens with zero attached hydrogens (tertiary/aromatic N) is 1. The van der Waals surface area contributed by atoms with Crippen molar-refractivity contribution in [3.05, 3.63) is 0 Å². The molecule has 0 aromatic carbocycles. The van der Waals surface area contributed by atoms with Gasteiger partial charge < -0.3 is 10.2 Å². The molecule has 1 N–H and O–H groups in total. The van der Waals surface area contributed by atoms with Crippen molar-refractivity contribution in [2.75, 3.05) is 19.6 Å². The summed E-state index contributed by atoms with van der Waals surface area (Å²) in [6.07, 6.45) is 3.46. The zero-order valence-electron chi connectivity index (χ0n) is 11.2. The van der Waals surface area contributed by atoms with E-state index in [1.807, 2.05) is 11.8 Å². The third-order valence-corrected chi connectivity index (χ3v) is 3.63. The van der Waals surface area contributed by atoms with Gasteiger partial charge in [-0.15, -0.1) is 0 Å². The second kappa shape index (κ2) is 5.67. The van der Waals surface area contributed by atoms with Crippen molar-refractivity contribution in [2.24, 2.45) is 5.41 Å². The summed E-state index contributed by atoms with van der Waals surface area (Å²) in [5.74, 6) is 0.268. The van der Waals surface area contributed by atoms with Crippen molar-refractivity contribution in [3.63, 3.8) is 0 Å². The van der Waals surface area contributed by atoms with Gasteiger partial charge in [0.25, 0.3) is 0 Å². The molecule has 1 atom stereocenters. The Kier molecular flexibility index (Phi) is 4.78. The quantitative estimate of drug-likeness (QED) is 0.778. The van der Waals surface area contributed by atoms with Gasteiger partial charge in [-0.05, 0) is 31.6 Å². The predicted octanol–water partition coefficient (Wildman–Crippen LogP) is 2.02. The van der Waals surface area contributed by atoms with Crippen LogP contribution in [0.25, 0.3) is 0 Å². The maximum Gasteiger partial charge on any atom is 0.239 e. The van der Waals surface area contributed by atoms with Crippen LogP contribution in [0.3, 0.4) is 0 Å². The normalized spacial score (nSPS) is 18.9. The molecular formula is C13H26N2O. The number of amides is 1. The lowest BCUT2D eigenvalue weighted by Gasteiger charge is -2.27. The average molecular weight is 226 g/mol. The highest BCUT2D eigenvalue weighted by molar-refractivity contribution is 5.81. The van der Waals surface area contributed by atoms with Gasteiger partial charge in [-0.2, -0.15) is 0 Å². The third-order valence-electron chi connectivity index (χ3n) is 3.63. The van der Waals surface area contributed by atoms with Gasteiger partial charge in [0.15, 0.2) is 0 Å². The van der Waals surface area contributed by atoms with Gasteiger partial charge in [0.05, 0.1) is 6.04 Å². The Bertz CT molecular complexity index is 232. The van der Waals surface area contributed by atoms with Crippen LogP contribution in [0.15, 0.2) is 0 Å². The van der Waals surface area contributed by atoms with E-state index < -0.39 is 0 Å². The molecule has 0 aromatic heterocycles. The monoisotopic (exact) mass is 226 g/mol. The van der Waals surface area contributed by atoms with Crippen molar-refractivity contribution in [2.45, 2.75) is 53.0 Å². The van der Waals surface area contributed by atoms with Crippen LogP contribution in [0.4, 0.5) is 0 Å². The molecule has 0 spiro atoms.